The van der Waals surface area contributed by atoms with E-state index in [1.807, 2.05) is 6.92 Å². The highest BCUT2D eigenvalue weighted by atomic mass is 16.5. The van der Waals surface area contributed by atoms with Crippen molar-refractivity contribution in [3.05, 3.63) is 0 Å². The lowest BCUT2D eigenvalue weighted by molar-refractivity contribution is -0.103. The number of rotatable bonds is 14. The number of aliphatic hydroxyl groups is 9. The van der Waals surface area contributed by atoms with Crippen LogP contribution in [0, 0.1) is 16.2 Å². The van der Waals surface area contributed by atoms with Gasteiger partial charge in [0.1, 0.15) is 0 Å². The first kappa shape index (κ1) is 27.8. The van der Waals surface area contributed by atoms with Gasteiger partial charge in [-0.15, -0.1) is 0 Å². The Morgan fingerprint density at radius 3 is 0.808 bits per heavy atom. The summed E-state index contributed by atoms with van der Waals surface area (Å²) in [7, 11) is 0. The van der Waals surface area contributed by atoms with Crippen LogP contribution in [0.25, 0.3) is 0 Å². The highest BCUT2D eigenvalue weighted by molar-refractivity contribution is 4.80. The highest BCUT2D eigenvalue weighted by Crippen LogP contribution is 2.20. The first-order chi connectivity index (χ1) is 12.3. The van der Waals surface area contributed by atoms with Gasteiger partial charge in [0.05, 0.1) is 83.5 Å². The molecule has 0 aliphatic carbocycles. The minimum absolute atomic E-state index is 0.141. The van der Waals surface area contributed by atoms with Crippen LogP contribution in [0.1, 0.15) is 13.3 Å². The van der Waals surface area contributed by atoms with Crippen molar-refractivity contribution in [3.8, 4) is 0 Å². The summed E-state index contributed by atoms with van der Waals surface area (Å²) in [5.41, 5.74) is -2.99. The molecule has 10 heteroatoms. The van der Waals surface area contributed by atoms with E-state index in [1.165, 1.54) is 0 Å². The SMILES string of the molecule is CCC(CO)(CO)CO.OCC(CO)(CO)COCC(CO)(CO)CO. The third-order valence-electron chi connectivity index (χ3n) is 4.59. The zero-order valence-electron chi connectivity index (χ0n) is 15.4. The van der Waals surface area contributed by atoms with E-state index in [1.54, 1.807) is 0 Å². The molecule has 0 atom stereocenters. The van der Waals surface area contributed by atoms with Gasteiger partial charge >= 0.3 is 0 Å². The van der Waals surface area contributed by atoms with Crippen LogP contribution in [0.4, 0.5) is 0 Å². The van der Waals surface area contributed by atoms with Gasteiger partial charge in [-0.3, -0.25) is 0 Å². The molecular weight excluding hydrogens is 352 g/mol. The van der Waals surface area contributed by atoms with Crippen LogP contribution >= 0.6 is 0 Å². The predicted octanol–water partition coefficient (Wildman–Crippen LogP) is -3.71. The Bertz CT molecular complexity index is 260. The van der Waals surface area contributed by atoms with E-state index >= 15 is 0 Å². The van der Waals surface area contributed by atoms with Crippen molar-refractivity contribution in [2.45, 2.75) is 13.3 Å². The molecule has 0 aromatic rings. The number of hydrogen-bond acceptors (Lipinski definition) is 10. The lowest BCUT2D eigenvalue weighted by Crippen LogP contribution is -2.43. The maximum atomic E-state index is 9.03. The summed E-state index contributed by atoms with van der Waals surface area (Å²) in [5.74, 6) is 0. The standard InChI is InChI=1S/C10H22O7.C6H14O3/c11-1-9(2-12,3-13)7-17-8-10(4-14,5-15)6-16;1-2-6(3-7,4-8)5-9/h11-16H,1-8H2;7-9H,2-5H2,1H3. The Labute approximate surface area is 153 Å². The maximum Gasteiger partial charge on any atom is 0.0629 e. The molecule has 0 unspecified atom stereocenters. The lowest BCUT2D eigenvalue weighted by atomic mass is 9.88. The van der Waals surface area contributed by atoms with Crippen LogP contribution in [-0.2, 0) is 4.74 Å². The molecule has 0 bridgehead atoms. The molecule has 0 radical (unpaired) electrons. The molecular formula is C16H36O10. The fraction of sp³-hybridized carbons (Fsp3) is 1.00. The van der Waals surface area contributed by atoms with Crippen LogP contribution in [0.2, 0.25) is 0 Å². The van der Waals surface area contributed by atoms with Gasteiger partial charge in [-0.2, -0.15) is 0 Å². The van der Waals surface area contributed by atoms with Crippen LogP contribution in [0.15, 0.2) is 0 Å². The average molecular weight is 388 g/mol. The smallest absolute Gasteiger partial charge is 0.0629 e. The fourth-order valence-corrected chi connectivity index (χ4v) is 1.54. The third-order valence-corrected chi connectivity index (χ3v) is 4.59. The van der Waals surface area contributed by atoms with Crippen LogP contribution in [0.5, 0.6) is 0 Å². The van der Waals surface area contributed by atoms with Crippen LogP contribution in [0.3, 0.4) is 0 Å². The molecule has 0 fully saturated rings. The van der Waals surface area contributed by atoms with Gasteiger partial charge in [-0.25, -0.2) is 0 Å². The minimum Gasteiger partial charge on any atom is -0.396 e. The zero-order chi connectivity index (χ0) is 20.7. The Morgan fingerprint density at radius 2 is 0.692 bits per heavy atom. The van der Waals surface area contributed by atoms with Gasteiger partial charge in [-0.05, 0) is 6.42 Å². The van der Waals surface area contributed by atoms with E-state index in [0.717, 1.165) is 0 Å². The topological polar surface area (TPSA) is 191 Å². The van der Waals surface area contributed by atoms with E-state index in [9.17, 15) is 0 Å². The van der Waals surface area contributed by atoms with Gasteiger partial charge in [-0.1, -0.05) is 6.92 Å². The van der Waals surface area contributed by atoms with E-state index in [-0.39, 0.29) is 33.0 Å². The summed E-state index contributed by atoms with van der Waals surface area (Å²) in [6.07, 6.45) is 0.594. The van der Waals surface area contributed by atoms with E-state index < -0.39 is 55.9 Å². The molecule has 26 heavy (non-hydrogen) atoms. The quantitative estimate of drug-likeness (QED) is 0.143. The second-order valence-corrected chi connectivity index (χ2v) is 6.77. The molecule has 10 nitrogen and oxygen atoms in total. The Balaban J connectivity index is 0. The molecule has 0 aromatic heterocycles. The first-order valence-electron chi connectivity index (χ1n) is 8.37. The van der Waals surface area contributed by atoms with Crippen LogP contribution < -0.4 is 0 Å². The number of aliphatic hydroxyl groups excluding tert-OH is 9. The molecule has 160 valence electrons. The lowest BCUT2D eigenvalue weighted by Gasteiger charge is -2.31. The van der Waals surface area contributed by atoms with Gasteiger partial charge in [0.2, 0.25) is 0 Å². The molecule has 0 aliphatic rings. The van der Waals surface area contributed by atoms with Gasteiger partial charge in [0.25, 0.3) is 0 Å². The van der Waals surface area contributed by atoms with E-state index in [4.69, 9.17) is 50.7 Å². The van der Waals surface area contributed by atoms with Gasteiger partial charge < -0.3 is 50.7 Å². The highest BCUT2D eigenvalue weighted by Gasteiger charge is 2.32. The summed E-state index contributed by atoms with van der Waals surface area (Å²) < 4.78 is 5.15. The van der Waals surface area contributed by atoms with E-state index in [0.29, 0.717) is 6.42 Å². The van der Waals surface area contributed by atoms with Crippen molar-refractivity contribution >= 4 is 0 Å². The molecule has 0 amide bonds. The van der Waals surface area contributed by atoms with Crippen molar-refractivity contribution in [1.82, 2.24) is 0 Å². The zero-order valence-corrected chi connectivity index (χ0v) is 15.4. The summed E-state index contributed by atoms with van der Waals surface area (Å²) >= 11 is 0. The Morgan fingerprint density at radius 1 is 0.462 bits per heavy atom. The maximum absolute atomic E-state index is 9.03. The van der Waals surface area contributed by atoms with Gasteiger partial charge in [0, 0.05) is 5.41 Å². The van der Waals surface area contributed by atoms with Crippen molar-refractivity contribution in [3.63, 3.8) is 0 Å². The van der Waals surface area contributed by atoms with Crippen molar-refractivity contribution in [1.29, 1.82) is 0 Å². The fourth-order valence-electron chi connectivity index (χ4n) is 1.54. The van der Waals surface area contributed by atoms with Crippen molar-refractivity contribution in [2.24, 2.45) is 16.2 Å². The van der Waals surface area contributed by atoms with Gasteiger partial charge in [0.15, 0.2) is 0 Å². The molecule has 9 N–H and O–H groups in total. The number of hydrogen-bond donors (Lipinski definition) is 9. The summed E-state index contributed by atoms with van der Waals surface area (Å²) in [6, 6.07) is 0. The molecule has 0 aliphatic heterocycles. The summed E-state index contributed by atoms with van der Waals surface area (Å²) in [4.78, 5) is 0. The van der Waals surface area contributed by atoms with Crippen LogP contribution in [-0.4, -0.2) is 119 Å². The molecule has 0 rings (SSSR count). The molecule has 0 heterocycles. The van der Waals surface area contributed by atoms with E-state index in [2.05, 4.69) is 0 Å². The molecule has 0 saturated heterocycles. The number of ether oxygens (including phenoxy) is 1. The monoisotopic (exact) mass is 388 g/mol. The summed E-state index contributed by atoms with van der Waals surface area (Å²) in [6.45, 7) is -1.65. The van der Waals surface area contributed by atoms with Crippen molar-refractivity contribution in [2.75, 3.05) is 72.7 Å². The largest absolute Gasteiger partial charge is 0.396 e. The van der Waals surface area contributed by atoms with Crippen molar-refractivity contribution < 1.29 is 50.7 Å². The second-order valence-electron chi connectivity index (χ2n) is 6.77. The normalized spacial score (nSPS) is 12.7. The Hall–Kier alpha value is -0.400. The minimum atomic E-state index is -1.16. The first-order valence-corrected chi connectivity index (χ1v) is 8.37. The third kappa shape index (κ3) is 8.53. The second kappa shape index (κ2) is 14.6. The average Bonchev–Trinajstić information content (AvgIpc) is 2.72. The predicted molar refractivity (Wildman–Crippen MR) is 92.2 cm³/mol. The molecule has 0 spiro atoms. The molecule has 0 aromatic carbocycles. The Kier molecular flexibility index (Phi) is 15.7. The molecule has 0 saturated carbocycles. The summed E-state index contributed by atoms with van der Waals surface area (Å²) in [5, 5.41) is 80.1.